The number of hydrogen-bond donors (Lipinski definition) is 4. The third-order valence-corrected chi connectivity index (χ3v) is 6.29. The van der Waals surface area contributed by atoms with Crippen molar-refractivity contribution in [3.8, 4) is 0 Å². The number of nitrogens with zero attached hydrogens (tertiary/aromatic N) is 1. The van der Waals surface area contributed by atoms with Gasteiger partial charge in [-0.25, -0.2) is 0 Å². The topological polar surface area (TPSA) is 136 Å². The molecule has 1 heterocycles. The molecule has 2 unspecified atom stereocenters. The van der Waals surface area contributed by atoms with E-state index in [0.717, 1.165) is 12.8 Å². The third-order valence-electron chi connectivity index (χ3n) is 5.50. The van der Waals surface area contributed by atoms with Crippen molar-refractivity contribution >= 4 is 35.7 Å². The Morgan fingerprint density at radius 1 is 1.18 bits per heavy atom. The summed E-state index contributed by atoms with van der Waals surface area (Å²) < 4.78 is 8.00. The first-order valence-corrected chi connectivity index (χ1v) is 12.5. The van der Waals surface area contributed by atoms with E-state index in [4.69, 9.17) is 9.66 Å². The summed E-state index contributed by atoms with van der Waals surface area (Å²) in [6, 6.07) is 0. The van der Waals surface area contributed by atoms with Gasteiger partial charge < -0.3 is 20.3 Å². The first-order valence-electron chi connectivity index (χ1n) is 11.8. The molecule has 0 saturated carbocycles. The van der Waals surface area contributed by atoms with Gasteiger partial charge in [0.15, 0.2) is 0 Å². The number of carbonyl (C=O) groups excluding carboxylic acids is 4. The number of hydrogen-bond acceptors (Lipinski definition) is 7. The van der Waals surface area contributed by atoms with Gasteiger partial charge >= 0.3 is 0 Å². The molecule has 0 aliphatic carbocycles. The second-order valence-electron chi connectivity index (χ2n) is 9.27. The molecule has 192 valence electrons. The van der Waals surface area contributed by atoms with Crippen LogP contribution in [0.2, 0.25) is 0 Å². The van der Waals surface area contributed by atoms with Crippen molar-refractivity contribution in [1.29, 1.82) is 0 Å². The second-order valence-corrected chi connectivity index (χ2v) is 10.4. The second kappa shape index (κ2) is 16.1. The van der Waals surface area contributed by atoms with Gasteiger partial charge in [-0.2, -0.15) is 0 Å². The van der Waals surface area contributed by atoms with E-state index in [2.05, 4.69) is 24.5 Å². The lowest BCUT2D eigenvalue weighted by molar-refractivity contribution is -0.140. The standard InChI is InChI=1S/C15H26N2O3.C8H17NO3S/c1-10(2)5-7-16-13(18)6-8-17-14(19)9-12(11(3)4)15(17)20;1-3-5-9-7(11)8(2,13-12)4-6-10/h10-12H,5-9H2,1-4H3,(H,16,18);10,12H,3-6H2,1-2H3,(H,9,11). The van der Waals surface area contributed by atoms with Crippen LogP contribution >= 0.6 is 12.0 Å². The molecule has 10 heteroatoms. The lowest BCUT2D eigenvalue weighted by atomic mass is 9.94. The van der Waals surface area contributed by atoms with Crippen molar-refractivity contribution in [1.82, 2.24) is 15.5 Å². The van der Waals surface area contributed by atoms with Crippen molar-refractivity contribution in [2.75, 3.05) is 26.2 Å². The van der Waals surface area contributed by atoms with Crippen LogP contribution in [0, 0.1) is 17.8 Å². The summed E-state index contributed by atoms with van der Waals surface area (Å²) in [6.07, 6.45) is 2.52. The molecule has 1 aliphatic rings. The van der Waals surface area contributed by atoms with Gasteiger partial charge in [-0.1, -0.05) is 34.6 Å². The molecule has 0 radical (unpaired) electrons. The van der Waals surface area contributed by atoms with Crippen molar-refractivity contribution in [3.05, 3.63) is 0 Å². The smallest absolute Gasteiger partial charge is 0.238 e. The predicted octanol–water partition coefficient (Wildman–Crippen LogP) is 2.43. The summed E-state index contributed by atoms with van der Waals surface area (Å²) in [5, 5.41) is 14.2. The minimum Gasteiger partial charge on any atom is -0.396 e. The van der Waals surface area contributed by atoms with Gasteiger partial charge in [0.1, 0.15) is 4.75 Å². The van der Waals surface area contributed by atoms with Crippen LogP contribution in [0.5, 0.6) is 0 Å². The fourth-order valence-corrected chi connectivity index (χ4v) is 3.44. The minimum absolute atomic E-state index is 0.0979. The molecule has 33 heavy (non-hydrogen) atoms. The Morgan fingerprint density at radius 3 is 2.27 bits per heavy atom. The normalized spacial score (nSPS) is 17.6. The summed E-state index contributed by atoms with van der Waals surface area (Å²) >= 11 is 0.483. The van der Waals surface area contributed by atoms with E-state index in [0.29, 0.717) is 31.1 Å². The highest BCUT2D eigenvalue weighted by Crippen LogP contribution is 2.26. The van der Waals surface area contributed by atoms with Gasteiger partial charge in [-0.3, -0.25) is 24.1 Å². The number of aliphatic hydroxyl groups is 1. The Bertz CT molecular complexity index is 644. The predicted molar refractivity (Wildman–Crippen MR) is 130 cm³/mol. The molecule has 1 aliphatic heterocycles. The van der Waals surface area contributed by atoms with Crippen LogP contribution in [0.3, 0.4) is 0 Å². The SMILES string of the molecule is CC(C)CCNC(=O)CCN1C(=O)CC(C(C)C)C1=O.CCCNC(=O)C(C)(CCO)SO. The van der Waals surface area contributed by atoms with Crippen LogP contribution in [-0.2, 0) is 19.2 Å². The lowest BCUT2D eigenvalue weighted by Crippen LogP contribution is -2.42. The zero-order valence-electron chi connectivity index (χ0n) is 21.0. The number of imide groups is 1. The Balaban J connectivity index is 0.000000684. The summed E-state index contributed by atoms with van der Waals surface area (Å²) in [7, 11) is 0. The van der Waals surface area contributed by atoms with Gasteiger partial charge in [-0.15, -0.1) is 0 Å². The number of rotatable bonds is 13. The molecule has 0 spiro atoms. The summed E-state index contributed by atoms with van der Waals surface area (Å²) in [5.41, 5.74) is 0. The largest absolute Gasteiger partial charge is 0.396 e. The molecular formula is C23H43N3O6S. The highest BCUT2D eigenvalue weighted by atomic mass is 32.2. The molecule has 0 aromatic heterocycles. The molecule has 4 N–H and O–H groups in total. The molecule has 1 fully saturated rings. The molecule has 2 atom stereocenters. The van der Waals surface area contributed by atoms with E-state index in [1.807, 2.05) is 20.8 Å². The van der Waals surface area contributed by atoms with Gasteiger partial charge in [0.05, 0.1) is 0 Å². The average Bonchev–Trinajstić information content (AvgIpc) is 3.04. The lowest BCUT2D eigenvalue weighted by Gasteiger charge is -2.23. The molecule has 0 aromatic rings. The Morgan fingerprint density at radius 2 is 1.82 bits per heavy atom. The van der Waals surface area contributed by atoms with Crippen LogP contribution in [0.15, 0.2) is 0 Å². The molecule has 0 bridgehead atoms. The summed E-state index contributed by atoms with van der Waals surface area (Å²) in [6.45, 7) is 13.0. The average molecular weight is 490 g/mol. The van der Waals surface area contributed by atoms with E-state index < -0.39 is 4.75 Å². The fraction of sp³-hybridized carbons (Fsp3) is 0.826. The maximum Gasteiger partial charge on any atom is 0.238 e. The Kier molecular flexibility index (Phi) is 15.3. The molecule has 1 saturated heterocycles. The van der Waals surface area contributed by atoms with E-state index in [9.17, 15) is 19.2 Å². The van der Waals surface area contributed by atoms with Crippen LogP contribution in [-0.4, -0.2) is 69.2 Å². The number of aliphatic hydroxyl groups excluding tert-OH is 1. The number of carbonyl (C=O) groups is 4. The molecule has 4 amide bonds. The van der Waals surface area contributed by atoms with Crippen LogP contribution in [0.1, 0.15) is 73.6 Å². The Hall–Kier alpha value is -1.65. The molecular weight excluding hydrogens is 446 g/mol. The zero-order valence-corrected chi connectivity index (χ0v) is 21.8. The van der Waals surface area contributed by atoms with E-state index in [1.54, 1.807) is 6.92 Å². The molecule has 0 aromatic carbocycles. The van der Waals surface area contributed by atoms with E-state index in [-0.39, 0.29) is 67.9 Å². The number of amides is 4. The van der Waals surface area contributed by atoms with Crippen molar-refractivity contribution < 1.29 is 28.8 Å². The van der Waals surface area contributed by atoms with Crippen molar-refractivity contribution in [2.24, 2.45) is 17.8 Å². The summed E-state index contributed by atoms with van der Waals surface area (Å²) in [5.74, 6) is -0.106. The maximum atomic E-state index is 12.0. The number of nitrogens with one attached hydrogen (secondary N) is 2. The van der Waals surface area contributed by atoms with Crippen molar-refractivity contribution in [2.45, 2.75) is 78.4 Å². The van der Waals surface area contributed by atoms with E-state index >= 15 is 0 Å². The van der Waals surface area contributed by atoms with Crippen molar-refractivity contribution in [3.63, 3.8) is 0 Å². The fourth-order valence-electron chi connectivity index (χ4n) is 3.11. The Labute approximate surface area is 202 Å². The van der Waals surface area contributed by atoms with Gasteiger partial charge in [0, 0.05) is 57.0 Å². The maximum absolute atomic E-state index is 12.0. The van der Waals surface area contributed by atoms with Gasteiger partial charge in [-0.05, 0) is 38.0 Å². The first-order chi connectivity index (χ1) is 15.4. The van der Waals surface area contributed by atoms with Gasteiger partial charge in [0.25, 0.3) is 0 Å². The molecule has 1 rings (SSSR count). The quantitative estimate of drug-likeness (QED) is 0.230. The molecule has 9 nitrogen and oxygen atoms in total. The van der Waals surface area contributed by atoms with E-state index in [1.165, 1.54) is 4.90 Å². The highest BCUT2D eigenvalue weighted by Gasteiger charge is 2.39. The van der Waals surface area contributed by atoms with Crippen LogP contribution < -0.4 is 10.6 Å². The third kappa shape index (κ3) is 11.4. The van der Waals surface area contributed by atoms with Crippen LogP contribution in [0.25, 0.3) is 0 Å². The zero-order chi connectivity index (χ0) is 25.6. The summed E-state index contributed by atoms with van der Waals surface area (Å²) in [4.78, 5) is 48.2. The number of likely N-dealkylation sites (tertiary alicyclic amines) is 1. The minimum atomic E-state index is -0.927. The monoisotopic (exact) mass is 489 g/mol. The van der Waals surface area contributed by atoms with Crippen LogP contribution in [0.4, 0.5) is 0 Å². The first kappa shape index (κ1) is 31.4. The van der Waals surface area contributed by atoms with Gasteiger partial charge in [0.2, 0.25) is 23.6 Å². The highest BCUT2D eigenvalue weighted by molar-refractivity contribution is 7.95.